The van der Waals surface area contributed by atoms with E-state index in [1.54, 1.807) is 0 Å². The van der Waals surface area contributed by atoms with E-state index in [1.807, 2.05) is 0 Å². The Labute approximate surface area is 159 Å². The van der Waals surface area contributed by atoms with Gasteiger partial charge in [-0.2, -0.15) is 0 Å². The van der Waals surface area contributed by atoms with Gasteiger partial charge in [-0.15, -0.1) is 24.8 Å². The van der Waals surface area contributed by atoms with Crippen molar-refractivity contribution in [1.82, 2.24) is 0 Å². The summed E-state index contributed by atoms with van der Waals surface area (Å²) in [5.74, 6) is 0. The summed E-state index contributed by atoms with van der Waals surface area (Å²) in [6.45, 7) is 0. The van der Waals surface area contributed by atoms with Crippen LogP contribution in [0.4, 0.5) is 0 Å². The molecule has 2 fully saturated rings. The van der Waals surface area contributed by atoms with E-state index >= 15 is 0 Å². The lowest BCUT2D eigenvalue weighted by molar-refractivity contribution is 0.435. The maximum atomic E-state index is 11.1. The van der Waals surface area contributed by atoms with Gasteiger partial charge in [-0.1, -0.05) is 0 Å². The van der Waals surface area contributed by atoms with Gasteiger partial charge in [-0.05, 0) is 51.4 Å². The molecule has 2 aliphatic carbocycles. The molecule has 0 aromatic heterocycles. The number of sulfone groups is 2. The van der Waals surface area contributed by atoms with Crippen LogP contribution in [-0.2, 0) is 19.7 Å². The van der Waals surface area contributed by atoms with Crippen molar-refractivity contribution in [3.63, 3.8) is 0 Å². The van der Waals surface area contributed by atoms with Crippen molar-refractivity contribution in [1.29, 1.82) is 0 Å². The molecule has 0 aliphatic heterocycles. The monoisotopic (exact) mass is 426 g/mol. The normalized spacial score (nSPS) is 30.8. The van der Waals surface area contributed by atoms with Gasteiger partial charge in [0, 0.05) is 24.6 Å². The van der Waals surface area contributed by atoms with E-state index in [2.05, 4.69) is 0 Å². The van der Waals surface area contributed by atoms with Gasteiger partial charge in [0.05, 0.1) is 10.5 Å². The van der Waals surface area contributed by atoms with Crippen LogP contribution in [0.25, 0.3) is 0 Å². The molecule has 2 aliphatic rings. The summed E-state index contributed by atoms with van der Waals surface area (Å²) in [6, 6.07) is 0.459. The fourth-order valence-electron chi connectivity index (χ4n) is 3.03. The van der Waals surface area contributed by atoms with E-state index in [0.717, 1.165) is 51.4 Å². The molecule has 6 nitrogen and oxygen atoms in total. The highest BCUT2D eigenvalue weighted by Gasteiger charge is 2.26. The Bertz CT molecular complexity index is 489. The zero-order valence-electron chi connectivity index (χ0n) is 14.4. The fourth-order valence-corrected chi connectivity index (χ4v) is 5.29. The summed E-state index contributed by atoms with van der Waals surface area (Å²) in [5.41, 5.74) is 11.3. The Morgan fingerprint density at radius 1 is 0.583 bits per heavy atom. The first-order chi connectivity index (χ1) is 10.00. The smallest absolute Gasteiger partial charge is 0.150 e. The minimum absolute atomic E-state index is 0. The van der Waals surface area contributed by atoms with Crippen molar-refractivity contribution in [2.45, 2.75) is 74.0 Å². The maximum Gasteiger partial charge on any atom is 0.150 e. The van der Waals surface area contributed by atoms with Crippen molar-refractivity contribution in [3.05, 3.63) is 0 Å². The lowest BCUT2D eigenvalue weighted by Gasteiger charge is -2.24. The highest BCUT2D eigenvalue weighted by atomic mass is 35.5. The number of halogens is 2. The second kappa shape index (κ2) is 11.2. The van der Waals surface area contributed by atoms with Crippen molar-refractivity contribution in [2.24, 2.45) is 11.5 Å². The molecule has 2 rings (SSSR count). The van der Waals surface area contributed by atoms with E-state index in [1.165, 1.54) is 12.5 Å². The van der Waals surface area contributed by atoms with Crippen molar-refractivity contribution >= 4 is 44.5 Å². The zero-order chi connectivity index (χ0) is 17.0. The molecular weight excluding hydrogens is 395 g/mol. The summed E-state index contributed by atoms with van der Waals surface area (Å²) in [7, 11) is -5.61. The van der Waals surface area contributed by atoms with Gasteiger partial charge in [-0.25, -0.2) is 16.8 Å². The van der Waals surface area contributed by atoms with Crippen LogP contribution in [0.5, 0.6) is 0 Å². The first kappa shape index (κ1) is 26.6. The van der Waals surface area contributed by atoms with Crippen LogP contribution in [-0.4, -0.2) is 51.9 Å². The molecule has 0 bridgehead atoms. The molecule has 4 N–H and O–H groups in total. The van der Waals surface area contributed by atoms with Crippen LogP contribution < -0.4 is 11.5 Å². The lowest BCUT2D eigenvalue weighted by Crippen LogP contribution is -2.32. The van der Waals surface area contributed by atoms with Crippen molar-refractivity contribution in [2.75, 3.05) is 12.5 Å². The summed E-state index contributed by atoms with van der Waals surface area (Å²) in [4.78, 5) is 0. The van der Waals surface area contributed by atoms with Gasteiger partial charge in [0.1, 0.15) is 19.7 Å². The Kier molecular flexibility index (Phi) is 12.4. The second-order valence-electron chi connectivity index (χ2n) is 6.73. The third-order valence-corrected chi connectivity index (χ3v) is 8.01. The standard InChI is InChI=1S/2C7H15NO2S.2ClH/c2*1-11(9,10)7-4-2-6(8)3-5-7;;/h2*6-7H,2-5,8H2,1H3;2*1H. The van der Waals surface area contributed by atoms with Gasteiger partial charge in [-0.3, -0.25) is 0 Å². The minimum atomic E-state index is -2.80. The Hall–Kier alpha value is 0.400. The number of hydrogen-bond donors (Lipinski definition) is 2. The predicted molar refractivity (Wildman–Crippen MR) is 105 cm³/mol. The van der Waals surface area contributed by atoms with Crippen LogP contribution in [0.2, 0.25) is 0 Å². The molecule has 0 spiro atoms. The lowest BCUT2D eigenvalue weighted by atomic mass is 9.96. The van der Waals surface area contributed by atoms with Gasteiger partial charge in [0.2, 0.25) is 0 Å². The minimum Gasteiger partial charge on any atom is -0.328 e. The third kappa shape index (κ3) is 9.77. The molecule has 0 unspecified atom stereocenters. The largest absolute Gasteiger partial charge is 0.328 e. The summed E-state index contributed by atoms with van der Waals surface area (Å²) in [5, 5.41) is -0.246. The van der Waals surface area contributed by atoms with E-state index in [-0.39, 0.29) is 47.4 Å². The molecule has 0 saturated heterocycles. The van der Waals surface area contributed by atoms with Crippen LogP contribution in [0.3, 0.4) is 0 Å². The SMILES string of the molecule is CS(=O)(=O)C1CCC(N)CC1.CS(=O)(=O)C1CCC(N)CC1.Cl.Cl. The Morgan fingerprint density at radius 3 is 0.958 bits per heavy atom. The van der Waals surface area contributed by atoms with Gasteiger partial charge in [0.25, 0.3) is 0 Å². The average Bonchev–Trinajstić information content (AvgIpc) is 2.38. The molecule has 2 saturated carbocycles. The molecule has 0 atom stereocenters. The zero-order valence-corrected chi connectivity index (χ0v) is 17.7. The molecule has 0 aromatic rings. The van der Waals surface area contributed by atoms with E-state index < -0.39 is 19.7 Å². The summed E-state index contributed by atoms with van der Waals surface area (Å²) in [6.07, 6.45) is 9.06. The van der Waals surface area contributed by atoms with Crippen LogP contribution in [0, 0.1) is 0 Å². The second-order valence-corrected chi connectivity index (χ2v) is 11.4. The highest BCUT2D eigenvalue weighted by Crippen LogP contribution is 2.23. The average molecular weight is 427 g/mol. The molecule has 0 radical (unpaired) electrons. The molecule has 10 heteroatoms. The van der Waals surface area contributed by atoms with Crippen LogP contribution in [0.1, 0.15) is 51.4 Å². The Balaban J connectivity index is 0. The molecular formula is C14H32Cl2N2O4S2. The first-order valence-electron chi connectivity index (χ1n) is 7.89. The van der Waals surface area contributed by atoms with Crippen LogP contribution in [0.15, 0.2) is 0 Å². The molecule has 24 heavy (non-hydrogen) atoms. The summed E-state index contributed by atoms with van der Waals surface area (Å²) < 4.78 is 44.2. The molecule has 0 amide bonds. The third-order valence-electron chi connectivity index (χ3n) is 4.65. The Morgan fingerprint density at radius 2 is 0.792 bits per heavy atom. The van der Waals surface area contributed by atoms with E-state index in [0.29, 0.717) is 0 Å². The first-order valence-corrected chi connectivity index (χ1v) is 11.8. The van der Waals surface area contributed by atoms with E-state index in [9.17, 15) is 16.8 Å². The van der Waals surface area contributed by atoms with Gasteiger partial charge in [0.15, 0.2) is 0 Å². The van der Waals surface area contributed by atoms with Gasteiger partial charge < -0.3 is 11.5 Å². The number of hydrogen-bond acceptors (Lipinski definition) is 6. The topological polar surface area (TPSA) is 120 Å². The van der Waals surface area contributed by atoms with Crippen molar-refractivity contribution < 1.29 is 16.8 Å². The molecule has 148 valence electrons. The number of nitrogens with two attached hydrogens (primary N) is 2. The highest BCUT2D eigenvalue weighted by molar-refractivity contribution is 7.91. The molecule has 0 heterocycles. The number of rotatable bonds is 2. The predicted octanol–water partition coefficient (Wildman–Crippen LogP) is 1.45. The molecule has 0 aromatic carbocycles. The van der Waals surface area contributed by atoms with Crippen LogP contribution >= 0.6 is 24.8 Å². The quantitative estimate of drug-likeness (QED) is 0.688. The van der Waals surface area contributed by atoms with Gasteiger partial charge >= 0.3 is 0 Å². The van der Waals surface area contributed by atoms with E-state index in [4.69, 9.17) is 11.5 Å². The fraction of sp³-hybridized carbons (Fsp3) is 1.00. The summed E-state index contributed by atoms with van der Waals surface area (Å²) >= 11 is 0. The maximum absolute atomic E-state index is 11.1. The van der Waals surface area contributed by atoms with Crippen molar-refractivity contribution in [3.8, 4) is 0 Å².